The maximum absolute atomic E-state index is 4.42. The van der Waals surface area contributed by atoms with Crippen LogP contribution in [0.15, 0.2) is 41.6 Å². The molecule has 1 aromatic heterocycles. The molecule has 0 bridgehead atoms. The zero-order chi connectivity index (χ0) is 15.3. The van der Waals surface area contributed by atoms with Gasteiger partial charge < -0.3 is 9.88 Å². The molecule has 0 spiro atoms. The van der Waals surface area contributed by atoms with Crippen LogP contribution in [-0.2, 0) is 18.8 Å². The second-order valence-corrected chi connectivity index (χ2v) is 7.22. The molecule has 2 rings (SSSR count). The summed E-state index contributed by atoms with van der Waals surface area (Å²) in [6, 6.07) is 8.75. The smallest absolute Gasteiger partial charge is 0.119 e. The van der Waals surface area contributed by atoms with Crippen molar-refractivity contribution < 1.29 is 0 Å². The second kappa shape index (κ2) is 7.14. The van der Waals surface area contributed by atoms with E-state index in [0.717, 1.165) is 24.7 Å². The van der Waals surface area contributed by atoms with Gasteiger partial charge in [-0.25, -0.2) is 4.98 Å². The van der Waals surface area contributed by atoms with Crippen LogP contribution in [0.3, 0.4) is 0 Å². The summed E-state index contributed by atoms with van der Waals surface area (Å²) in [6.07, 6.45) is 3.92. The average Bonchev–Trinajstić information content (AvgIpc) is 2.90. The molecule has 0 atom stereocenters. The summed E-state index contributed by atoms with van der Waals surface area (Å²) in [4.78, 5) is 5.72. The van der Waals surface area contributed by atoms with Gasteiger partial charge in [0.05, 0.1) is 5.75 Å². The Kier molecular flexibility index (Phi) is 5.48. The van der Waals surface area contributed by atoms with Crippen molar-refractivity contribution in [3.05, 3.63) is 48.0 Å². The molecule has 3 nitrogen and oxygen atoms in total. The fraction of sp³-hybridized carbons (Fsp3) is 0.471. The quantitative estimate of drug-likeness (QED) is 0.815. The lowest BCUT2D eigenvalue weighted by atomic mass is 10.1. The van der Waals surface area contributed by atoms with E-state index in [1.54, 1.807) is 0 Å². The molecule has 0 saturated heterocycles. The number of imidazole rings is 1. The monoisotopic (exact) mass is 303 g/mol. The number of thioether (sulfide) groups is 1. The fourth-order valence-corrected chi connectivity index (χ4v) is 2.97. The number of hydrogen-bond donors (Lipinski definition) is 1. The lowest BCUT2D eigenvalue weighted by molar-refractivity contribution is 0.424. The van der Waals surface area contributed by atoms with Gasteiger partial charge in [0.25, 0.3) is 0 Å². The fourth-order valence-electron chi connectivity index (χ4n) is 2.03. The Morgan fingerprint density at radius 2 is 2.10 bits per heavy atom. The van der Waals surface area contributed by atoms with Gasteiger partial charge in [-0.05, 0) is 45.4 Å². The first-order chi connectivity index (χ1) is 9.98. The molecular formula is C17H25N3S. The Labute approximate surface area is 132 Å². The Hall–Kier alpha value is -1.26. The highest BCUT2D eigenvalue weighted by molar-refractivity contribution is 7.98. The van der Waals surface area contributed by atoms with Gasteiger partial charge in [0.15, 0.2) is 0 Å². The van der Waals surface area contributed by atoms with E-state index in [4.69, 9.17) is 0 Å². The molecule has 0 saturated carbocycles. The van der Waals surface area contributed by atoms with E-state index < -0.39 is 0 Å². The minimum Gasteiger partial charge on any atom is -0.335 e. The molecule has 0 aliphatic rings. The third-order valence-electron chi connectivity index (χ3n) is 3.23. The van der Waals surface area contributed by atoms with Crippen molar-refractivity contribution >= 4 is 11.8 Å². The summed E-state index contributed by atoms with van der Waals surface area (Å²) in [5.41, 5.74) is 1.48. The van der Waals surface area contributed by atoms with Gasteiger partial charge in [-0.1, -0.05) is 12.1 Å². The van der Waals surface area contributed by atoms with Crippen LogP contribution in [-0.4, -0.2) is 15.1 Å². The van der Waals surface area contributed by atoms with Crippen molar-refractivity contribution in [2.75, 3.05) is 0 Å². The molecule has 1 aromatic carbocycles. The van der Waals surface area contributed by atoms with Crippen molar-refractivity contribution in [3.63, 3.8) is 0 Å². The van der Waals surface area contributed by atoms with Gasteiger partial charge in [-0.15, -0.1) is 11.8 Å². The van der Waals surface area contributed by atoms with Crippen LogP contribution in [0, 0.1) is 0 Å². The topological polar surface area (TPSA) is 29.9 Å². The lowest BCUT2D eigenvalue weighted by Gasteiger charge is -2.20. The predicted molar refractivity (Wildman–Crippen MR) is 90.5 cm³/mol. The SMILES string of the molecule is CCn1ccnc1CSc1cccc(CNC(C)(C)C)c1. The lowest BCUT2D eigenvalue weighted by Crippen LogP contribution is -2.35. The molecule has 0 amide bonds. The zero-order valence-electron chi connectivity index (χ0n) is 13.4. The second-order valence-electron chi connectivity index (χ2n) is 6.17. The molecule has 4 heteroatoms. The number of nitrogens with one attached hydrogen (secondary N) is 1. The minimum absolute atomic E-state index is 0.148. The summed E-state index contributed by atoms with van der Waals surface area (Å²) in [6.45, 7) is 10.6. The molecule has 0 aliphatic carbocycles. The number of benzene rings is 1. The van der Waals surface area contributed by atoms with E-state index >= 15 is 0 Å². The van der Waals surface area contributed by atoms with E-state index in [2.05, 4.69) is 66.8 Å². The van der Waals surface area contributed by atoms with Crippen LogP contribution < -0.4 is 5.32 Å². The van der Waals surface area contributed by atoms with Crippen LogP contribution in [0.25, 0.3) is 0 Å². The van der Waals surface area contributed by atoms with E-state index in [-0.39, 0.29) is 5.54 Å². The summed E-state index contributed by atoms with van der Waals surface area (Å²) in [7, 11) is 0. The summed E-state index contributed by atoms with van der Waals surface area (Å²) in [5.74, 6) is 2.05. The molecular weight excluding hydrogens is 278 g/mol. The zero-order valence-corrected chi connectivity index (χ0v) is 14.2. The van der Waals surface area contributed by atoms with Gasteiger partial charge in [0.2, 0.25) is 0 Å². The number of rotatable bonds is 6. The highest BCUT2D eigenvalue weighted by Crippen LogP contribution is 2.23. The highest BCUT2D eigenvalue weighted by atomic mass is 32.2. The van der Waals surface area contributed by atoms with Crippen molar-refractivity contribution in [1.82, 2.24) is 14.9 Å². The van der Waals surface area contributed by atoms with Gasteiger partial charge >= 0.3 is 0 Å². The number of aryl methyl sites for hydroxylation is 1. The molecule has 0 aliphatic heterocycles. The molecule has 0 unspecified atom stereocenters. The first-order valence-corrected chi connectivity index (χ1v) is 8.43. The van der Waals surface area contributed by atoms with Crippen LogP contribution in [0.2, 0.25) is 0 Å². The van der Waals surface area contributed by atoms with Gasteiger partial charge in [-0.3, -0.25) is 0 Å². The molecule has 21 heavy (non-hydrogen) atoms. The summed E-state index contributed by atoms with van der Waals surface area (Å²) < 4.78 is 2.19. The van der Waals surface area contributed by atoms with Crippen LogP contribution in [0.1, 0.15) is 39.1 Å². The molecule has 2 aromatic rings. The third-order valence-corrected chi connectivity index (χ3v) is 4.22. The predicted octanol–water partition coefficient (Wildman–Crippen LogP) is 4.08. The van der Waals surface area contributed by atoms with E-state index in [1.807, 2.05) is 24.2 Å². The largest absolute Gasteiger partial charge is 0.335 e. The van der Waals surface area contributed by atoms with Crippen LogP contribution >= 0.6 is 11.8 Å². The summed E-state index contributed by atoms with van der Waals surface area (Å²) >= 11 is 1.84. The van der Waals surface area contributed by atoms with Gasteiger partial charge in [-0.2, -0.15) is 0 Å². The third kappa shape index (κ3) is 5.21. The Bertz CT molecular complexity index is 569. The van der Waals surface area contributed by atoms with Crippen LogP contribution in [0.5, 0.6) is 0 Å². The standard InChI is InChI=1S/C17H25N3S/c1-5-20-10-9-18-16(20)13-21-15-8-6-7-14(11-15)12-19-17(2,3)4/h6-11,19H,5,12-13H2,1-4H3. The minimum atomic E-state index is 0.148. The van der Waals surface area contributed by atoms with E-state index in [9.17, 15) is 0 Å². The van der Waals surface area contributed by atoms with Crippen molar-refractivity contribution in [1.29, 1.82) is 0 Å². The van der Waals surface area contributed by atoms with E-state index in [0.29, 0.717) is 0 Å². The Morgan fingerprint density at radius 1 is 1.29 bits per heavy atom. The van der Waals surface area contributed by atoms with Crippen molar-refractivity contribution in [2.45, 2.75) is 57.0 Å². The average molecular weight is 303 g/mol. The maximum atomic E-state index is 4.42. The van der Waals surface area contributed by atoms with Crippen molar-refractivity contribution in [3.8, 4) is 0 Å². The molecule has 1 N–H and O–H groups in total. The van der Waals surface area contributed by atoms with Crippen molar-refractivity contribution in [2.24, 2.45) is 0 Å². The van der Waals surface area contributed by atoms with Gasteiger partial charge in [0.1, 0.15) is 5.82 Å². The van der Waals surface area contributed by atoms with E-state index in [1.165, 1.54) is 10.5 Å². The Morgan fingerprint density at radius 3 is 2.81 bits per heavy atom. The first kappa shape index (κ1) is 16.1. The summed E-state index contributed by atoms with van der Waals surface area (Å²) in [5, 5.41) is 3.53. The molecule has 1 heterocycles. The molecule has 114 valence electrons. The molecule has 0 radical (unpaired) electrons. The first-order valence-electron chi connectivity index (χ1n) is 7.45. The van der Waals surface area contributed by atoms with Crippen LogP contribution in [0.4, 0.5) is 0 Å². The van der Waals surface area contributed by atoms with Gasteiger partial charge in [0, 0.05) is 35.9 Å². The normalized spacial score (nSPS) is 11.8. The molecule has 0 fully saturated rings. The highest BCUT2D eigenvalue weighted by Gasteiger charge is 2.08. The Balaban J connectivity index is 1.95. The number of hydrogen-bond acceptors (Lipinski definition) is 3. The maximum Gasteiger partial charge on any atom is 0.119 e. The number of nitrogens with zero attached hydrogens (tertiary/aromatic N) is 2. The number of aromatic nitrogens is 2.